The van der Waals surface area contributed by atoms with Crippen LogP contribution in [0.25, 0.3) is 0 Å². The Labute approximate surface area is 370 Å². The summed E-state index contributed by atoms with van der Waals surface area (Å²) in [5.74, 6) is -1.53. The first-order chi connectivity index (χ1) is 29.2. The monoisotopic (exact) mass is 884 g/mol. The van der Waals surface area contributed by atoms with Gasteiger partial charge in [0.25, 0.3) is 7.82 Å². The van der Waals surface area contributed by atoms with Gasteiger partial charge in [-0.15, -0.1) is 0 Å². The third-order valence-electron chi connectivity index (χ3n) is 11.0. The van der Waals surface area contributed by atoms with Crippen LogP contribution in [-0.4, -0.2) is 98.2 Å². The number of hydrogen-bond donors (Lipinski definition) is 2. The Morgan fingerprint density at radius 3 is 2.00 bits per heavy atom. The second-order valence-electron chi connectivity index (χ2n) is 17.9. The highest BCUT2D eigenvalue weighted by atomic mass is 31.2. The number of Topliss-reactive ketones (excluding diaryl/α,β-unsaturated/α-hetero) is 1. The Hall–Kier alpha value is -2.18. The minimum Gasteiger partial charge on any atom is -0.756 e. The van der Waals surface area contributed by atoms with Crippen LogP contribution in [0.15, 0.2) is 36.5 Å². The molecule has 0 saturated heterocycles. The number of aliphatic hydroxyl groups excluding tert-OH is 2. The number of rotatable bonds is 39. The SMILES string of the molecule is CCCCC/C=C\C/C=C\CCCCCCCCCC(=O)O[C@H](COC(=O)CCCCCC[C@H]1C(=O)C[C@@H](O)[C@@H]1/C=C/[C@@H](O)CCCCC)COP(=O)([O-])OCC[N+](C)(C)C. The summed E-state index contributed by atoms with van der Waals surface area (Å²) >= 11 is 0. The number of phosphoric acid groups is 1. The standard InChI is InChI=1S/C48H86NO11P/c1-6-8-10-11-12-13-14-15-16-17-18-19-20-21-22-23-29-33-48(54)60-42(40-59-61(55,56)58-37-36-49(3,4)5)39-57-47(53)32-28-25-24-27-31-43-44(46(52)38-45(43)51)35-34-41(50)30-26-9-7-2/h12-13,15-16,34-35,41-44,46,50,52H,6-11,14,17-33,36-40H2,1-5H3/b13-12-,16-15-,35-34+/t41-,42+,43+,44+,46+/m0/s1. The van der Waals surface area contributed by atoms with E-state index in [1.54, 1.807) is 6.08 Å². The number of nitrogens with zero attached hydrogens (tertiary/aromatic N) is 1. The summed E-state index contributed by atoms with van der Waals surface area (Å²) < 4.78 is 33.9. The van der Waals surface area contributed by atoms with Crippen LogP contribution in [0, 0.1) is 11.8 Å². The van der Waals surface area contributed by atoms with Gasteiger partial charge in [-0.1, -0.05) is 134 Å². The van der Waals surface area contributed by atoms with Crippen molar-refractivity contribution in [2.24, 2.45) is 11.8 Å². The topological polar surface area (TPSA) is 169 Å². The molecule has 0 aromatic heterocycles. The number of esters is 2. The fraction of sp³-hybridized carbons (Fsp3) is 0.812. The van der Waals surface area contributed by atoms with Crippen molar-refractivity contribution in [3.05, 3.63) is 36.5 Å². The maximum absolute atomic E-state index is 12.7. The lowest BCUT2D eigenvalue weighted by Crippen LogP contribution is -2.37. The summed E-state index contributed by atoms with van der Waals surface area (Å²) in [6.45, 7) is 3.82. The molecule has 1 unspecified atom stereocenters. The van der Waals surface area contributed by atoms with Crippen LogP contribution in [0.3, 0.4) is 0 Å². The van der Waals surface area contributed by atoms with Crippen LogP contribution in [0.5, 0.6) is 0 Å². The van der Waals surface area contributed by atoms with Crippen LogP contribution in [0.4, 0.5) is 0 Å². The van der Waals surface area contributed by atoms with Crippen molar-refractivity contribution in [2.75, 3.05) is 47.5 Å². The van der Waals surface area contributed by atoms with Crippen molar-refractivity contribution < 1.29 is 57.1 Å². The molecular weight excluding hydrogens is 797 g/mol. The molecule has 0 aromatic carbocycles. The molecule has 6 atom stereocenters. The number of carbonyl (C=O) groups is 3. The van der Waals surface area contributed by atoms with Gasteiger partial charge in [0.15, 0.2) is 6.10 Å². The molecular formula is C48H86NO11P. The normalized spacial score (nSPS) is 19.3. The van der Waals surface area contributed by atoms with E-state index in [1.807, 2.05) is 27.2 Å². The average molecular weight is 884 g/mol. The Morgan fingerprint density at radius 1 is 0.787 bits per heavy atom. The van der Waals surface area contributed by atoms with E-state index in [-0.39, 0.29) is 50.1 Å². The van der Waals surface area contributed by atoms with Gasteiger partial charge in [0, 0.05) is 31.1 Å². The molecule has 0 aliphatic heterocycles. The molecule has 0 radical (unpaired) electrons. The third kappa shape index (κ3) is 32.2. The molecule has 1 rings (SSSR count). The van der Waals surface area contributed by atoms with E-state index in [0.29, 0.717) is 36.7 Å². The Balaban J connectivity index is 2.44. The lowest BCUT2D eigenvalue weighted by atomic mass is 9.88. The van der Waals surface area contributed by atoms with Crippen LogP contribution in [0.2, 0.25) is 0 Å². The number of hydrogen-bond acceptors (Lipinski definition) is 11. The zero-order chi connectivity index (χ0) is 45.2. The quantitative estimate of drug-likeness (QED) is 0.0198. The molecule has 1 fully saturated rings. The summed E-state index contributed by atoms with van der Waals surface area (Å²) in [4.78, 5) is 50.4. The van der Waals surface area contributed by atoms with Crippen LogP contribution >= 0.6 is 7.82 Å². The molecule has 1 aliphatic carbocycles. The Morgan fingerprint density at radius 2 is 1.36 bits per heavy atom. The van der Waals surface area contributed by atoms with Crippen molar-refractivity contribution in [2.45, 2.75) is 193 Å². The van der Waals surface area contributed by atoms with Gasteiger partial charge < -0.3 is 38.1 Å². The number of phosphoric ester groups is 1. The first-order valence-electron chi connectivity index (χ1n) is 23.8. The maximum atomic E-state index is 12.7. The van der Waals surface area contributed by atoms with E-state index < -0.39 is 44.7 Å². The zero-order valence-electron chi connectivity index (χ0n) is 38.8. The van der Waals surface area contributed by atoms with E-state index in [9.17, 15) is 34.1 Å². The number of ketones is 1. The minimum atomic E-state index is -4.69. The first kappa shape index (κ1) is 56.8. The second-order valence-corrected chi connectivity index (χ2v) is 19.3. The number of quaternary nitrogens is 1. The van der Waals surface area contributed by atoms with Crippen molar-refractivity contribution >= 4 is 25.5 Å². The average Bonchev–Trinajstić information content (AvgIpc) is 3.47. The van der Waals surface area contributed by atoms with Crippen LogP contribution < -0.4 is 4.89 Å². The van der Waals surface area contributed by atoms with E-state index in [2.05, 4.69) is 38.2 Å². The van der Waals surface area contributed by atoms with Crippen LogP contribution in [-0.2, 0) is 37.5 Å². The zero-order valence-corrected chi connectivity index (χ0v) is 39.7. The van der Waals surface area contributed by atoms with Crippen molar-refractivity contribution in [3.63, 3.8) is 0 Å². The maximum Gasteiger partial charge on any atom is 0.306 e. The fourth-order valence-electron chi connectivity index (χ4n) is 7.23. The summed E-state index contributed by atoms with van der Waals surface area (Å²) in [6, 6.07) is 0. The van der Waals surface area contributed by atoms with Gasteiger partial charge in [-0.25, -0.2) is 0 Å². The molecule has 0 aromatic rings. The number of ether oxygens (including phenoxy) is 2. The van der Waals surface area contributed by atoms with Gasteiger partial charge in [-0.3, -0.25) is 18.9 Å². The molecule has 2 N–H and O–H groups in total. The highest BCUT2D eigenvalue weighted by Gasteiger charge is 2.39. The smallest absolute Gasteiger partial charge is 0.306 e. The molecule has 0 bridgehead atoms. The van der Waals surface area contributed by atoms with Crippen molar-refractivity contribution in [3.8, 4) is 0 Å². The van der Waals surface area contributed by atoms with Gasteiger partial charge in [0.05, 0.1) is 40.0 Å². The largest absolute Gasteiger partial charge is 0.756 e. The van der Waals surface area contributed by atoms with E-state index in [1.165, 1.54) is 38.5 Å². The molecule has 1 aliphatic rings. The lowest BCUT2D eigenvalue weighted by Gasteiger charge is -2.28. The summed E-state index contributed by atoms with van der Waals surface area (Å²) in [7, 11) is 1.03. The Bertz CT molecular complexity index is 1300. The molecule has 0 amide bonds. The number of likely N-dealkylation sites (N-methyl/N-ethyl adjacent to an activating group) is 1. The molecule has 0 heterocycles. The summed E-state index contributed by atoms with van der Waals surface area (Å²) in [5, 5.41) is 20.8. The second kappa shape index (κ2) is 35.2. The molecule has 61 heavy (non-hydrogen) atoms. The first-order valence-corrected chi connectivity index (χ1v) is 25.3. The number of unbranched alkanes of at least 4 members (excludes halogenated alkanes) is 15. The van der Waals surface area contributed by atoms with Gasteiger partial charge in [-0.2, -0.15) is 0 Å². The van der Waals surface area contributed by atoms with Crippen molar-refractivity contribution in [1.82, 2.24) is 0 Å². The molecule has 13 heteroatoms. The predicted octanol–water partition coefficient (Wildman–Crippen LogP) is 9.65. The number of carbonyl (C=O) groups excluding carboxylic acids is 3. The molecule has 1 saturated carbocycles. The van der Waals surface area contributed by atoms with Crippen molar-refractivity contribution in [1.29, 1.82) is 0 Å². The van der Waals surface area contributed by atoms with E-state index in [0.717, 1.165) is 77.0 Å². The van der Waals surface area contributed by atoms with Gasteiger partial charge >= 0.3 is 11.9 Å². The van der Waals surface area contributed by atoms with Gasteiger partial charge in [0.2, 0.25) is 0 Å². The third-order valence-corrected chi connectivity index (χ3v) is 12.0. The van der Waals surface area contributed by atoms with Crippen LogP contribution in [0.1, 0.15) is 174 Å². The number of allylic oxidation sites excluding steroid dienone is 4. The Kier molecular flexibility index (Phi) is 32.8. The van der Waals surface area contributed by atoms with E-state index >= 15 is 0 Å². The molecule has 354 valence electrons. The van der Waals surface area contributed by atoms with Gasteiger partial charge in [-0.05, 0) is 57.8 Å². The summed E-state index contributed by atoms with van der Waals surface area (Å²) in [5.41, 5.74) is 0. The minimum absolute atomic E-state index is 0.0477. The molecule has 12 nitrogen and oxygen atoms in total. The lowest BCUT2D eigenvalue weighted by molar-refractivity contribution is -0.870. The number of aliphatic hydroxyl groups is 2. The summed E-state index contributed by atoms with van der Waals surface area (Å²) in [6.07, 6.45) is 32.1. The predicted molar refractivity (Wildman–Crippen MR) is 241 cm³/mol. The van der Waals surface area contributed by atoms with E-state index in [4.69, 9.17) is 18.5 Å². The fourth-order valence-corrected chi connectivity index (χ4v) is 7.96. The highest BCUT2D eigenvalue weighted by Crippen LogP contribution is 2.38. The molecule has 0 spiro atoms. The highest BCUT2D eigenvalue weighted by molar-refractivity contribution is 7.45. The van der Waals surface area contributed by atoms with Gasteiger partial charge in [0.1, 0.15) is 25.5 Å².